The second kappa shape index (κ2) is 6.16. The van der Waals surface area contributed by atoms with Gasteiger partial charge in [0, 0.05) is 24.8 Å². The van der Waals surface area contributed by atoms with Crippen LogP contribution in [0.2, 0.25) is 0 Å². The summed E-state index contributed by atoms with van der Waals surface area (Å²) in [6.45, 7) is 1.29. The minimum absolute atomic E-state index is 0.126. The van der Waals surface area contributed by atoms with E-state index in [1.54, 1.807) is 4.90 Å². The number of halogens is 4. The Morgan fingerprint density at radius 1 is 1.25 bits per heavy atom. The van der Waals surface area contributed by atoms with Gasteiger partial charge in [0.25, 0.3) is 0 Å². The molecule has 0 radical (unpaired) electrons. The fourth-order valence-corrected chi connectivity index (χ4v) is 2.73. The molecule has 0 bridgehead atoms. The van der Waals surface area contributed by atoms with Crippen LogP contribution >= 0.6 is 15.9 Å². The molecule has 0 spiro atoms. The van der Waals surface area contributed by atoms with Crippen LogP contribution in [0.4, 0.5) is 13.2 Å². The van der Waals surface area contributed by atoms with E-state index in [9.17, 15) is 18.0 Å². The standard InChI is InChI=1S/C14H15BrF3NO/c15-8-11-7-13(20)19(9-11)6-5-10-1-3-12(4-2-10)14(16,17)18/h1-4,11H,5-9H2. The van der Waals surface area contributed by atoms with Gasteiger partial charge in [0.2, 0.25) is 5.91 Å². The molecule has 0 N–H and O–H groups in total. The van der Waals surface area contributed by atoms with Gasteiger partial charge in [0.15, 0.2) is 0 Å². The Labute approximate surface area is 124 Å². The average molecular weight is 350 g/mol. The van der Waals surface area contributed by atoms with Gasteiger partial charge in [-0.3, -0.25) is 4.79 Å². The number of nitrogens with zero attached hydrogens (tertiary/aromatic N) is 1. The van der Waals surface area contributed by atoms with Gasteiger partial charge in [-0.1, -0.05) is 28.1 Å². The third-order valence-electron chi connectivity index (χ3n) is 3.46. The highest BCUT2D eigenvalue weighted by molar-refractivity contribution is 9.09. The highest BCUT2D eigenvalue weighted by Gasteiger charge is 2.30. The predicted octanol–water partition coefficient (Wildman–Crippen LogP) is 3.49. The molecule has 1 heterocycles. The number of likely N-dealkylation sites (tertiary alicyclic amines) is 1. The fraction of sp³-hybridized carbons (Fsp3) is 0.500. The van der Waals surface area contributed by atoms with E-state index in [1.807, 2.05) is 0 Å². The number of carbonyl (C=O) groups excluding carboxylic acids is 1. The van der Waals surface area contributed by atoms with Crippen molar-refractivity contribution in [1.82, 2.24) is 4.90 Å². The minimum atomic E-state index is -4.30. The van der Waals surface area contributed by atoms with Gasteiger partial charge < -0.3 is 4.90 Å². The zero-order valence-electron chi connectivity index (χ0n) is 10.8. The molecule has 0 aromatic heterocycles. The summed E-state index contributed by atoms with van der Waals surface area (Å²) in [6, 6.07) is 5.13. The number of rotatable bonds is 4. The molecule has 0 aliphatic carbocycles. The molecule has 1 aromatic rings. The topological polar surface area (TPSA) is 20.3 Å². The molecular weight excluding hydrogens is 335 g/mol. The summed E-state index contributed by atoms with van der Waals surface area (Å²) in [7, 11) is 0. The first-order valence-corrected chi connectivity index (χ1v) is 7.52. The van der Waals surface area contributed by atoms with Gasteiger partial charge in [0.05, 0.1) is 5.56 Å². The fourth-order valence-electron chi connectivity index (χ4n) is 2.30. The molecule has 1 atom stereocenters. The summed E-state index contributed by atoms with van der Waals surface area (Å²) < 4.78 is 37.3. The molecule has 6 heteroatoms. The largest absolute Gasteiger partial charge is 0.416 e. The van der Waals surface area contributed by atoms with E-state index < -0.39 is 11.7 Å². The first-order valence-electron chi connectivity index (χ1n) is 6.40. The summed E-state index contributed by atoms with van der Waals surface area (Å²) in [5.74, 6) is 0.469. The Hall–Kier alpha value is -1.04. The molecule has 1 aromatic carbocycles. The molecule has 1 aliphatic rings. The first-order chi connectivity index (χ1) is 9.40. The Balaban J connectivity index is 1.90. The van der Waals surface area contributed by atoms with Crippen molar-refractivity contribution in [3.05, 3.63) is 35.4 Å². The second-order valence-corrected chi connectivity index (χ2v) is 5.66. The van der Waals surface area contributed by atoms with E-state index in [2.05, 4.69) is 15.9 Å². The average Bonchev–Trinajstić information content (AvgIpc) is 2.76. The van der Waals surface area contributed by atoms with Gasteiger partial charge in [0.1, 0.15) is 0 Å². The van der Waals surface area contributed by atoms with E-state index in [4.69, 9.17) is 0 Å². The van der Waals surface area contributed by atoms with Crippen LogP contribution in [0.5, 0.6) is 0 Å². The molecule has 2 nitrogen and oxygen atoms in total. The van der Waals surface area contributed by atoms with Crippen LogP contribution in [0.25, 0.3) is 0 Å². The van der Waals surface area contributed by atoms with Gasteiger partial charge in [-0.25, -0.2) is 0 Å². The Morgan fingerprint density at radius 3 is 2.40 bits per heavy atom. The van der Waals surface area contributed by atoms with Crippen molar-refractivity contribution in [2.24, 2.45) is 5.92 Å². The van der Waals surface area contributed by atoms with Crippen molar-refractivity contribution in [2.45, 2.75) is 19.0 Å². The lowest BCUT2D eigenvalue weighted by Gasteiger charge is -2.16. The maximum Gasteiger partial charge on any atom is 0.416 e. The van der Waals surface area contributed by atoms with Crippen LogP contribution in [0, 0.1) is 5.92 Å². The Kier molecular flexibility index (Phi) is 4.73. The van der Waals surface area contributed by atoms with Crippen LogP contribution < -0.4 is 0 Å². The predicted molar refractivity (Wildman–Crippen MR) is 73.6 cm³/mol. The number of hydrogen-bond acceptors (Lipinski definition) is 1. The van der Waals surface area contributed by atoms with Crippen LogP contribution in [0.15, 0.2) is 24.3 Å². The lowest BCUT2D eigenvalue weighted by molar-refractivity contribution is -0.137. The molecule has 2 rings (SSSR count). The Bertz CT molecular complexity index is 472. The van der Waals surface area contributed by atoms with Gasteiger partial charge in [-0.15, -0.1) is 0 Å². The van der Waals surface area contributed by atoms with Crippen molar-refractivity contribution in [3.8, 4) is 0 Å². The molecule has 20 heavy (non-hydrogen) atoms. The zero-order chi connectivity index (χ0) is 14.8. The van der Waals surface area contributed by atoms with Crippen LogP contribution in [0.3, 0.4) is 0 Å². The third-order valence-corrected chi connectivity index (χ3v) is 4.38. The number of benzene rings is 1. The lowest BCUT2D eigenvalue weighted by atomic mass is 10.1. The zero-order valence-corrected chi connectivity index (χ0v) is 12.4. The number of alkyl halides is 4. The Morgan fingerprint density at radius 2 is 1.90 bits per heavy atom. The monoisotopic (exact) mass is 349 g/mol. The van der Waals surface area contributed by atoms with Crippen molar-refractivity contribution in [3.63, 3.8) is 0 Å². The second-order valence-electron chi connectivity index (χ2n) is 5.01. The normalized spacial score (nSPS) is 19.7. The molecular formula is C14H15BrF3NO. The molecule has 1 fully saturated rings. The summed E-state index contributed by atoms with van der Waals surface area (Å²) in [5.41, 5.74) is 0.172. The van der Waals surface area contributed by atoms with Crippen LogP contribution in [-0.2, 0) is 17.4 Å². The van der Waals surface area contributed by atoms with Crippen LogP contribution in [0.1, 0.15) is 17.5 Å². The molecule has 1 aliphatic heterocycles. The van der Waals surface area contributed by atoms with E-state index >= 15 is 0 Å². The first kappa shape index (κ1) is 15.4. The van der Waals surface area contributed by atoms with E-state index in [0.29, 0.717) is 25.3 Å². The molecule has 1 saturated heterocycles. The van der Waals surface area contributed by atoms with E-state index in [1.165, 1.54) is 12.1 Å². The van der Waals surface area contributed by atoms with Gasteiger partial charge in [-0.05, 0) is 30.0 Å². The quantitative estimate of drug-likeness (QED) is 0.762. The molecule has 110 valence electrons. The van der Waals surface area contributed by atoms with Crippen molar-refractivity contribution in [2.75, 3.05) is 18.4 Å². The van der Waals surface area contributed by atoms with Crippen LogP contribution in [-0.4, -0.2) is 29.2 Å². The van der Waals surface area contributed by atoms with E-state index in [0.717, 1.165) is 29.6 Å². The summed E-state index contributed by atoms with van der Waals surface area (Å²) in [5, 5.41) is 0.801. The summed E-state index contributed by atoms with van der Waals surface area (Å²) in [6.07, 6.45) is -3.16. The van der Waals surface area contributed by atoms with Gasteiger partial charge in [-0.2, -0.15) is 13.2 Å². The van der Waals surface area contributed by atoms with Crippen molar-refractivity contribution < 1.29 is 18.0 Å². The minimum Gasteiger partial charge on any atom is -0.342 e. The highest BCUT2D eigenvalue weighted by Crippen LogP contribution is 2.29. The van der Waals surface area contributed by atoms with Gasteiger partial charge >= 0.3 is 6.18 Å². The molecule has 1 amide bonds. The van der Waals surface area contributed by atoms with E-state index in [-0.39, 0.29) is 5.91 Å². The smallest absolute Gasteiger partial charge is 0.342 e. The maximum absolute atomic E-state index is 12.4. The number of amides is 1. The molecule has 0 saturated carbocycles. The number of carbonyl (C=O) groups is 1. The maximum atomic E-state index is 12.4. The summed E-state index contributed by atoms with van der Waals surface area (Å²) in [4.78, 5) is 13.5. The van der Waals surface area contributed by atoms with Crippen molar-refractivity contribution >= 4 is 21.8 Å². The SMILES string of the molecule is O=C1CC(CBr)CN1CCc1ccc(C(F)(F)F)cc1. The van der Waals surface area contributed by atoms with Crippen molar-refractivity contribution in [1.29, 1.82) is 0 Å². The highest BCUT2D eigenvalue weighted by atomic mass is 79.9. The third kappa shape index (κ3) is 3.75. The summed E-state index contributed by atoms with van der Waals surface area (Å²) >= 11 is 3.37. The molecule has 1 unspecified atom stereocenters. The lowest BCUT2D eigenvalue weighted by Crippen LogP contribution is -2.27. The number of hydrogen-bond donors (Lipinski definition) is 0.